The van der Waals surface area contributed by atoms with E-state index in [2.05, 4.69) is 21.2 Å². The van der Waals surface area contributed by atoms with Gasteiger partial charge >= 0.3 is 6.09 Å². The van der Waals surface area contributed by atoms with E-state index in [1.54, 1.807) is 0 Å². The van der Waals surface area contributed by atoms with Crippen molar-refractivity contribution in [3.63, 3.8) is 0 Å². The zero-order valence-electron chi connectivity index (χ0n) is 11.7. The summed E-state index contributed by atoms with van der Waals surface area (Å²) in [6, 6.07) is 1.67. The van der Waals surface area contributed by atoms with Gasteiger partial charge in [-0.15, -0.1) is 0 Å². The number of rotatable bonds is 4. The van der Waals surface area contributed by atoms with Gasteiger partial charge in [0.05, 0.1) is 6.04 Å². The number of ether oxygens (including phenoxy) is 1. The van der Waals surface area contributed by atoms with Crippen LogP contribution in [0, 0.1) is 6.92 Å². The minimum Gasteiger partial charge on any atom is -0.454 e. The van der Waals surface area contributed by atoms with Gasteiger partial charge in [-0.05, 0) is 55.3 Å². The highest BCUT2D eigenvalue weighted by atomic mass is 79.9. The molecule has 0 saturated heterocycles. The van der Waals surface area contributed by atoms with Crippen molar-refractivity contribution in [3.8, 4) is 0 Å². The molecular weight excluding hydrogens is 312 g/mol. The number of hydrogen-bond acceptors (Lipinski definition) is 4. The van der Waals surface area contributed by atoms with Crippen LogP contribution in [0.5, 0.6) is 0 Å². The van der Waals surface area contributed by atoms with Gasteiger partial charge in [0.1, 0.15) is 11.4 Å². The molecular formula is C13H21BrN2O3. The molecule has 0 bridgehead atoms. The molecule has 1 aromatic rings. The lowest BCUT2D eigenvalue weighted by Gasteiger charge is -2.22. The standard InChI is InChI=1S/C13H21BrN2O3/c1-8-5-11(14)18-10(8)6-9(7-15)16-12(17)19-13(2,3)4/h5,9H,6-7,15H2,1-4H3,(H,16,17). The van der Waals surface area contributed by atoms with E-state index in [0.29, 0.717) is 17.6 Å². The number of furan rings is 1. The smallest absolute Gasteiger partial charge is 0.407 e. The Balaban J connectivity index is 2.59. The first-order chi connectivity index (χ1) is 8.71. The highest BCUT2D eigenvalue weighted by Gasteiger charge is 2.20. The fourth-order valence-corrected chi connectivity index (χ4v) is 2.11. The summed E-state index contributed by atoms with van der Waals surface area (Å²) in [5.41, 5.74) is 6.17. The molecule has 1 heterocycles. The summed E-state index contributed by atoms with van der Waals surface area (Å²) in [6.07, 6.45) is 0.0684. The van der Waals surface area contributed by atoms with Crippen molar-refractivity contribution in [1.29, 1.82) is 0 Å². The summed E-state index contributed by atoms with van der Waals surface area (Å²) in [6.45, 7) is 7.72. The van der Waals surface area contributed by atoms with Crippen LogP contribution in [0.3, 0.4) is 0 Å². The highest BCUT2D eigenvalue weighted by Crippen LogP contribution is 2.20. The average Bonchev–Trinajstić information content (AvgIpc) is 2.53. The predicted molar refractivity (Wildman–Crippen MR) is 77.1 cm³/mol. The average molecular weight is 333 g/mol. The number of halogens is 1. The molecule has 5 nitrogen and oxygen atoms in total. The first-order valence-corrected chi connectivity index (χ1v) is 6.95. The monoisotopic (exact) mass is 332 g/mol. The zero-order chi connectivity index (χ0) is 14.6. The lowest BCUT2D eigenvalue weighted by molar-refractivity contribution is 0.0505. The van der Waals surface area contributed by atoms with Gasteiger partial charge in [-0.3, -0.25) is 0 Å². The van der Waals surface area contributed by atoms with Crippen molar-refractivity contribution in [2.75, 3.05) is 6.54 Å². The van der Waals surface area contributed by atoms with Gasteiger partial charge in [0.2, 0.25) is 0 Å². The second-order valence-electron chi connectivity index (χ2n) is 5.44. The Labute approximate surface area is 122 Å². The van der Waals surface area contributed by atoms with Crippen LogP contribution in [0.15, 0.2) is 15.2 Å². The summed E-state index contributed by atoms with van der Waals surface area (Å²) in [5.74, 6) is 0.804. The van der Waals surface area contributed by atoms with Crippen LogP contribution in [-0.2, 0) is 11.2 Å². The Morgan fingerprint density at radius 2 is 2.21 bits per heavy atom. The largest absolute Gasteiger partial charge is 0.454 e. The molecule has 1 atom stereocenters. The van der Waals surface area contributed by atoms with E-state index in [4.69, 9.17) is 14.9 Å². The Bertz CT molecular complexity index is 438. The van der Waals surface area contributed by atoms with Crippen LogP contribution in [0.4, 0.5) is 4.79 Å². The molecule has 1 unspecified atom stereocenters. The third-order valence-corrected chi connectivity index (χ3v) is 2.82. The van der Waals surface area contributed by atoms with Crippen LogP contribution >= 0.6 is 15.9 Å². The van der Waals surface area contributed by atoms with E-state index in [-0.39, 0.29) is 6.04 Å². The molecule has 1 aromatic heterocycles. The van der Waals surface area contributed by atoms with E-state index < -0.39 is 11.7 Å². The van der Waals surface area contributed by atoms with E-state index in [1.807, 2.05) is 33.8 Å². The number of carbonyl (C=O) groups is 1. The van der Waals surface area contributed by atoms with Gasteiger partial charge in [-0.1, -0.05) is 0 Å². The van der Waals surface area contributed by atoms with Crippen molar-refractivity contribution in [2.45, 2.75) is 45.8 Å². The molecule has 0 aliphatic heterocycles. The maximum absolute atomic E-state index is 11.7. The minimum absolute atomic E-state index is 0.216. The molecule has 0 aliphatic carbocycles. The SMILES string of the molecule is Cc1cc(Br)oc1CC(CN)NC(=O)OC(C)(C)C. The van der Waals surface area contributed by atoms with E-state index in [1.165, 1.54) is 0 Å². The number of hydrogen-bond donors (Lipinski definition) is 2. The summed E-state index contributed by atoms with van der Waals surface area (Å²) in [7, 11) is 0. The summed E-state index contributed by atoms with van der Waals surface area (Å²) in [5, 5.41) is 2.75. The first-order valence-electron chi connectivity index (χ1n) is 6.15. The molecule has 3 N–H and O–H groups in total. The van der Waals surface area contributed by atoms with Gasteiger partial charge < -0.3 is 20.2 Å². The van der Waals surface area contributed by atoms with Crippen LogP contribution in [0.1, 0.15) is 32.1 Å². The van der Waals surface area contributed by atoms with Crippen LogP contribution in [-0.4, -0.2) is 24.3 Å². The molecule has 0 spiro atoms. The van der Waals surface area contributed by atoms with Crippen molar-refractivity contribution >= 4 is 22.0 Å². The van der Waals surface area contributed by atoms with Gasteiger partial charge in [-0.2, -0.15) is 0 Å². The van der Waals surface area contributed by atoms with Gasteiger partial charge in [-0.25, -0.2) is 4.79 Å². The van der Waals surface area contributed by atoms with Gasteiger partial charge in [0.15, 0.2) is 4.67 Å². The summed E-state index contributed by atoms with van der Waals surface area (Å²) >= 11 is 3.28. The molecule has 19 heavy (non-hydrogen) atoms. The van der Waals surface area contributed by atoms with Crippen LogP contribution < -0.4 is 11.1 Å². The molecule has 1 rings (SSSR count). The maximum Gasteiger partial charge on any atom is 0.407 e. The fraction of sp³-hybridized carbons (Fsp3) is 0.615. The summed E-state index contributed by atoms with van der Waals surface area (Å²) < 4.78 is 11.4. The number of nitrogens with two attached hydrogens (primary N) is 1. The molecule has 0 fully saturated rings. The van der Waals surface area contributed by atoms with Gasteiger partial charge in [0.25, 0.3) is 0 Å². The van der Waals surface area contributed by atoms with Crippen molar-refractivity contribution in [1.82, 2.24) is 5.32 Å². The first kappa shape index (κ1) is 16.0. The predicted octanol–water partition coefficient (Wildman–Crippen LogP) is 2.75. The molecule has 0 saturated carbocycles. The third-order valence-electron chi connectivity index (χ3n) is 2.43. The Hall–Kier alpha value is -1.01. The molecule has 0 radical (unpaired) electrons. The van der Waals surface area contributed by atoms with Crippen molar-refractivity contribution in [2.24, 2.45) is 5.73 Å². The second kappa shape index (κ2) is 6.43. The van der Waals surface area contributed by atoms with Crippen LogP contribution in [0.25, 0.3) is 0 Å². The maximum atomic E-state index is 11.7. The second-order valence-corrected chi connectivity index (χ2v) is 6.22. The Kier molecular flexibility index (Phi) is 5.43. The van der Waals surface area contributed by atoms with Crippen molar-refractivity contribution < 1.29 is 13.9 Å². The van der Waals surface area contributed by atoms with E-state index in [9.17, 15) is 4.79 Å². The number of alkyl carbamates (subject to hydrolysis) is 1. The lowest BCUT2D eigenvalue weighted by atomic mass is 10.1. The molecule has 0 aliphatic rings. The molecule has 6 heteroatoms. The number of amides is 1. The minimum atomic E-state index is -0.521. The number of nitrogens with one attached hydrogen (secondary N) is 1. The number of aryl methyl sites for hydroxylation is 1. The highest BCUT2D eigenvalue weighted by molar-refractivity contribution is 9.10. The zero-order valence-corrected chi connectivity index (χ0v) is 13.3. The fourth-order valence-electron chi connectivity index (χ4n) is 1.57. The quantitative estimate of drug-likeness (QED) is 0.888. The molecule has 108 valence electrons. The summed E-state index contributed by atoms with van der Waals surface area (Å²) in [4.78, 5) is 11.7. The lowest BCUT2D eigenvalue weighted by Crippen LogP contribution is -2.44. The Morgan fingerprint density at radius 1 is 1.58 bits per heavy atom. The van der Waals surface area contributed by atoms with Gasteiger partial charge in [0, 0.05) is 13.0 Å². The normalized spacial score (nSPS) is 13.2. The molecule has 1 amide bonds. The molecule has 0 aromatic carbocycles. The van der Waals surface area contributed by atoms with Crippen molar-refractivity contribution in [3.05, 3.63) is 22.1 Å². The van der Waals surface area contributed by atoms with Crippen LogP contribution in [0.2, 0.25) is 0 Å². The topological polar surface area (TPSA) is 77.5 Å². The third kappa shape index (κ3) is 5.65. The number of carbonyl (C=O) groups excluding carboxylic acids is 1. The van der Waals surface area contributed by atoms with E-state index >= 15 is 0 Å². The van der Waals surface area contributed by atoms with E-state index in [0.717, 1.165) is 11.3 Å². The Morgan fingerprint density at radius 3 is 2.63 bits per heavy atom.